The Labute approximate surface area is 260 Å². The molecule has 0 amide bonds. The molecule has 0 saturated carbocycles. The van der Waals surface area contributed by atoms with E-state index in [1.54, 1.807) is 0 Å². The molecule has 1 aliphatic rings. The number of rotatable bonds is 5. The summed E-state index contributed by atoms with van der Waals surface area (Å²) in [5.74, 6) is 0. The molecule has 204 valence electrons. The third kappa shape index (κ3) is 5.01. The predicted octanol–water partition coefficient (Wildman–Crippen LogP) is 12.3. The first kappa shape index (κ1) is 26.0. The van der Waals surface area contributed by atoms with E-state index in [0.717, 1.165) is 11.4 Å². The lowest BCUT2D eigenvalue weighted by Gasteiger charge is -2.27. The fourth-order valence-electron chi connectivity index (χ4n) is 5.77. The molecule has 1 heterocycles. The molecule has 0 saturated heterocycles. The van der Waals surface area contributed by atoms with Crippen molar-refractivity contribution in [2.75, 3.05) is 4.90 Å². The van der Waals surface area contributed by atoms with Crippen LogP contribution < -0.4 is 4.90 Å². The number of anilines is 3. The lowest BCUT2D eigenvalue weighted by molar-refractivity contribution is 1.16. The van der Waals surface area contributed by atoms with Gasteiger partial charge in [0.05, 0.1) is 5.69 Å². The van der Waals surface area contributed by atoms with Crippen molar-refractivity contribution < 1.29 is 0 Å². The summed E-state index contributed by atoms with van der Waals surface area (Å²) in [5.41, 5.74) is 8.31. The average Bonchev–Trinajstić information content (AvgIpc) is 3.08. The number of hydrogen-bond acceptors (Lipinski definition) is 3. The van der Waals surface area contributed by atoms with E-state index >= 15 is 0 Å². The van der Waals surface area contributed by atoms with Crippen molar-refractivity contribution >= 4 is 51.4 Å². The van der Waals surface area contributed by atoms with Crippen molar-refractivity contribution in [2.45, 2.75) is 19.6 Å². The van der Waals surface area contributed by atoms with Gasteiger partial charge in [0.2, 0.25) is 0 Å². The van der Waals surface area contributed by atoms with E-state index < -0.39 is 0 Å². The summed E-state index contributed by atoms with van der Waals surface area (Å²) < 4.78 is 0. The molecule has 0 radical (unpaired) electrons. The maximum Gasteiger partial charge on any atom is 0.0540 e. The molecule has 0 unspecified atom stereocenters. The van der Waals surface area contributed by atoms with Crippen molar-refractivity contribution in [1.82, 2.24) is 0 Å². The molecule has 0 spiro atoms. The van der Waals surface area contributed by atoms with Gasteiger partial charge in [-0.1, -0.05) is 133 Å². The van der Waals surface area contributed by atoms with E-state index in [0.29, 0.717) is 0 Å². The highest BCUT2D eigenvalue weighted by molar-refractivity contribution is 8.05. The van der Waals surface area contributed by atoms with Crippen LogP contribution in [0.2, 0.25) is 0 Å². The average molecular weight is 586 g/mol. The molecule has 0 bridgehead atoms. The molecule has 0 atom stereocenters. The molecule has 0 fully saturated rings. The summed E-state index contributed by atoms with van der Waals surface area (Å²) in [5, 5.41) is 2.46. The summed E-state index contributed by atoms with van der Waals surface area (Å²) in [6.45, 7) is 0. The van der Waals surface area contributed by atoms with E-state index in [2.05, 4.69) is 169 Å². The first-order chi connectivity index (χ1) is 21.3. The molecule has 0 aliphatic carbocycles. The summed E-state index contributed by atoms with van der Waals surface area (Å²) in [6, 6.07) is 59.2. The third-order valence-corrected chi connectivity index (χ3v) is 10.5. The lowest BCUT2D eigenvalue weighted by Crippen LogP contribution is -2.10. The standard InChI is InChI=1S/C40H27NS2/c1-2-9-28(10-3-1)29-17-22-33(23-18-29)41(36-14-8-12-31-11-4-5-13-35(31)36)34-24-19-30(20-25-34)32-21-26-39-40(27-32)43-38-16-7-6-15-37(38)42-39/h1-27H. The quantitative estimate of drug-likeness (QED) is 0.198. The summed E-state index contributed by atoms with van der Waals surface area (Å²) in [6.07, 6.45) is 0. The zero-order valence-corrected chi connectivity index (χ0v) is 25.0. The molecule has 0 N–H and O–H groups in total. The van der Waals surface area contributed by atoms with Gasteiger partial charge in [0, 0.05) is 36.3 Å². The van der Waals surface area contributed by atoms with E-state index in [4.69, 9.17) is 0 Å². The topological polar surface area (TPSA) is 3.24 Å². The van der Waals surface area contributed by atoms with Crippen LogP contribution >= 0.6 is 23.5 Å². The minimum absolute atomic E-state index is 1.13. The highest BCUT2D eigenvalue weighted by Gasteiger charge is 2.18. The third-order valence-electron chi connectivity index (χ3n) is 7.93. The van der Waals surface area contributed by atoms with Crippen molar-refractivity contribution in [1.29, 1.82) is 0 Å². The second-order valence-corrected chi connectivity index (χ2v) is 12.8. The summed E-state index contributed by atoms with van der Waals surface area (Å²) >= 11 is 3.73. The minimum Gasteiger partial charge on any atom is -0.310 e. The van der Waals surface area contributed by atoms with E-state index in [9.17, 15) is 0 Å². The molecule has 7 aromatic carbocycles. The molecule has 3 heteroatoms. The van der Waals surface area contributed by atoms with Gasteiger partial charge < -0.3 is 4.90 Å². The fraction of sp³-hybridized carbons (Fsp3) is 0. The van der Waals surface area contributed by atoms with Crippen LogP contribution in [0.1, 0.15) is 0 Å². The zero-order valence-electron chi connectivity index (χ0n) is 23.4. The maximum absolute atomic E-state index is 2.37. The molecule has 1 nitrogen and oxygen atoms in total. The summed E-state index contributed by atoms with van der Waals surface area (Å²) in [7, 11) is 0. The first-order valence-corrected chi connectivity index (χ1v) is 16.1. The Morgan fingerprint density at radius 3 is 1.58 bits per heavy atom. The fourth-order valence-corrected chi connectivity index (χ4v) is 8.03. The van der Waals surface area contributed by atoms with Gasteiger partial charge in [-0.25, -0.2) is 0 Å². The molecule has 8 rings (SSSR count). The van der Waals surface area contributed by atoms with Crippen molar-refractivity contribution in [2.24, 2.45) is 0 Å². The zero-order chi connectivity index (χ0) is 28.6. The number of benzene rings is 7. The highest BCUT2D eigenvalue weighted by Crippen LogP contribution is 2.49. The van der Waals surface area contributed by atoms with Gasteiger partial charge in [0.1, 0.15) is 0 Å². The number of nitrogens with zero attached hydrogens (tertiary/aromatic N) is 1. The largest absolute Gasteiger partial charge is 0.310 e. The van der Waals surface area contributed by atoms with E-state index in [1.165, 1.54) is 58.3 Å². The Kier molecular flexibility index (Phi) is 6.75. The second-order valence-electron chi connectivity index (χ2n) is 10.6. The van der Waals surface area contributed by atoms with Gasteiger partial charge in [-0.05, 0) is 82.2 Å². The van der Waals surface area contributed by atoms with Crippen LogP contribution in [0.25, 0.3) is 33.0 Å². The van der Waals surface area contributed by atoms with Crippen molar-refractivity contribution in [3.05, 3.63) is 164 Å². The molecular formula is C40H27NS2. The molecule has 0 aromatic heterocycles. The van der Waals surface area contributed by atoms with Crippen molar-refractivity contribution in [3.63, 3.8) is 0 Å². The Morgan fingerprint density at radius 1 is 0.349 bits per heavy atom. The van der Waals surface area contributed by atoms with Crippen LogP contribution in [0.5, 0.6) is 0 Å². The van der Waals surface area contributed by atoms with Gasteiger partial charge in [-0.15, -0.1) is 0 Å². The van der Waals surface area contributed by atoms with Gasteiger partial charge in [0.25, 0.3) is 0 Å². The SMILES string of the molecule is c1ccc(-c2ccc(N(c3ccc(-c4ccc5c(c4)Sc4ccccc4S5)cc3)c3cccc4ccccc34)cc2)cc1. The Morgan fingerprint density at radius 2 is 0.860 bits per heavy atom. The van der Waals surface area contributed by atoms with E-state index in [1.807, 2.05) is 23.5 Å². The Balaban J connectivity index is 1.18. The van der Waals surface area contributed by atoms with Crippen LogP contribution in [0, 0.1) is 0 Å². The lowest BCUT2D eigenvalue weighted by atomic mass is 10.0. The maximum atomic E-state index is 2.37. The van der Waals surface area contributed by atoms with Crippen LogP contribution in [-0.2, 0) is 0 Å². The van der Waals surface area contributed by atoms with Crippen molar-refractivity contribution in [3.8, 4) is 22.3 Å². The number of fused-ring (bicyclic) bond motifs is 3. The van der Waals surface area contributed by atoms with Gasteiger partial charge in [0.15, 0.2) is 0 Å². The van der Waals surface area contributed by atoms with Crippen LogP contribution in [-0.4, -0.2) is 0 Å². The molecule has 43 heavy (non-hydrogen) atoms. The van der Waals surface area contributed by atoms with Gasteiger partial charge in [-0.2, -0.15) is 0 Å². The van der Waals surface area contributed by atoms with Crippen LogP contribution in [0.3, 0.4) is 0 Å². The smallest absolute Gasteiger partial charge is 0.0540 e. The van der Waals surface area contributed by atoms with Gasteiger partial charge in [-0.3, -0.25) is 0 Å². The molecule has 1 aliphatic heterocycles. The predicted molar refractivity (Wildman–Crippen MR) is 184 cm³/mol. The Hall–Kier alpha value is -4.70. The molecular weight excluding hydrogens is 559 g/mol. The summed E-state index contributed by atoms with van der Waals surface area (Å²) in [4.78, 5) is 7.68. The number of hydrogen-bond donors (Lipinski definition) is 0. The molecule has 7 aromatic rings. The Bertz CT molecular complexity index is 2060. The van der Waals surface area contributed by atoms with Crippen LogP contribution in [0.4, 0.5) is 17.1 Å². The first-order valence-electron chi connectivity index (χ1n) is 14.4. The van der Waals surface area contributed by atoms with E-state index in [-0.39, 0.29) is 0 Å². The second kappa shape index (κ2) is 11.2. The van der Waals surface area contributed by atoms with Crippen LogP contribution in [0.15, 0.2) is 183 Å². The highest BCUT2D eigenvalue weighted by atomic mass is 32.2. The minimum atomic E-state index is 1.13. The monoisotopic (exact) mass is 585 g/mol. The normalized spacial score (nSPS) is 12.0. The van der Waals surface area contributed by atoms with Gasteiger partial charge >= 0.3 is 0 Å².